The molecule has 0 aliphatic heterocycles. The van der Waals surface area contributed by atoms with E-state index in [0.29, 0.717) is 0 Å². The molecule has 1 aliphatic rings. The number of hydrogen-bond donors (Lipinski definition) is 1. The highest BCUT2D eigenvalue weighted by atomic mass is 14.9. The smallest absolute Gasteiger partial charge is 0.0128 e. The molecule has 1 aromatic rings. The van der Waals surface area contributed by atoms with Crippen LogP contribution in [0.4, 0.5) is 0 Å². The van der Waals surface area contributed by atoms with Gasteiger partial charge in [-0.15, -0.1) is 0 Å². The molecule has 88 valence electrons. The zero-order valence-corrected chi connectivity index (χ0v) is 10.7. The lowest BCUT2D eigenvalue weighted by Crippen LogP contribution is -2.38. The highest BCUT2D eigenvalue weighted by molar-refractivity contribution is 5.32. The number of rotatable bonds is 3. The van der Waals surface area contributed by atoms with Crippen molar-refractivity contribution in [3.8, 4) is 0 Å². The van der Waals surface area contributed by atoms with Crippen molar-refractivity contribution in [1.29, 1.82) is 0 Å². The van der Waals surface area contributed by atoms with E-state index >= 15 is 0 Å². The molecule has 1 aromatic carbocycles. The zero-order chi connectivity index (χ0) is 11.6. The summed E-state index contributed by atoms with van der Waals surface area (Å²) >= 11 is 0. The van der Waals surface area contributed by atoms with Crippen LogP contribution in [0.5, 0.6) is 0 Å². The van der Waals surface area contributed by atoms with Crippen molar-refractivity contribution in [2.75, 3.05) is 7.05 Å². The normalized spacial score (nSPS) is 20.6. The van der Waals surface area contributed by atoms with E-state index in [1.165, 1.54) is 25.7 Å². The van der Waals surface area contributed by atoms with Crippen LogP contribution in [-0.4, -0.2) is 12.6 Å². The van der Waals surface area contributed by atoms with E-state index in [0.717, 1.165) is 5.92 Å². The fourth-order valence-corrected chi connectivity index (χ4v) is 2.78. The van der Waals surface area contributed by atoms with Crippen LogP contribution >= 0.6 is 0 Å². The Morgan fingerprint density at radius 3 is 2.81 bits per heavy atom. The summed E-state index contributed by atoms with van der Waals surface area (Å²) in [5.41, 5.74) is 3.41. The molecular weight excluding hydrogens is 194 g/mol. The van der Waals surface area contributed by atoms with Crippen molar-refractivity contribution in [1.82, 2.24) is 5.32 Å². The highest BCUT2D eigenvalue weighted by Crippen LogP contribution is 2.36. The van der Waals surface area contributed by atoms with E-state index in [1.807, 2.05) is 0 Å². The van der Waals surface area contributed by atoms with E-state index in [9.17, 15) is 0 Å². The molecule has 1 nitrogen and oxygen atoms in total. The first kappa shape index (κ1) is 11.7. The number of hydrogen-bond acceptors (Lipinski definition) is 1. The van der Waals surface area contributed by atoms with Gasteiger partial charge >= 0.3 is 0 Å². The Bertz CT molecular complexity index is 354. The van der Waals surface area contributed by atoms with Crippen LogP contribution in [0.15, 0.2) is 24.3 Å². The fourth-order valence-electron chi connectivity index (χ4n) is 2.78. The maximum absolute atomic E-state index is 3.42. The fraction of sp³-hybridized carbons (Fsp3) is 0.600. The molecule has 1 unspecified atom stereocenters. The van der Waals surface area contributed by atoms with Crippen LogP contribution in [0.1, 0.15) is 50.2 Å². The summed E-state index contributed by atoms with van der Waals surface area (Å²) in [6.07, 6.45) is 5.21. The molecule has 0 aromatic heterocycles. The van der Waals surface area contributed by atoms with E-state index in [4.69, 9.17) is 0 Å². The van der Waals surface area contributed by atoms with E-state index in [1.54, 1.807) is 11.1 Å². The average Bonchev–Trinajstić information content (AvgIpc) is 2.29. The Morgan fingerprint density at radius 2 is 2.06 bits per heavy atom. The van der Waals surface area contributed by atoms with Gasteiger partial charge in [0, 0.05) is 5.54 Å². The van der Waals surface area contributed by atoms with Crippen LogP contribution in [-0.2, 0) is 6.42 Å². The number of aryl methyl sites for hydroxylation is 1. The molecule has 16 heavy (non-hydrogen) atoms. The minimum absolute atomic E-state index is 0.245. The zero-order valence-electron chi connectivity index (χ0n) is 10.7. The van der Waals surface area contributed by atoms with Gasteiger partial charge < -0.3 is 5.32 Å². The van der Waals surface area contributed by atoms with E-state index < -0.39 is 0 Å². The molecule has 1 N–H and O–H groups in total. The number of fused-ring (bicyclic) bond motifs is 1. The maximum atomic E-state index is 3.42. The third-order valence-electron chi connectivity index (χ3n) is 3.93. The molecule has 0 bridgehead atoms. The lowest BCUT2D eigenvalue weighted by atomic mass is 9.77. The third-order valence-corrected chi connectivity index (χ3v) is 3.93. The Morgan fingerprint density at radius 1 is 1.31 bits per heavy atom. The van der Waals surface area contributed by atoms with Gasteiger partial charge in [0.05, 0.1) is 0 Å². The Labute approximate surface area is 99.3 Å². The monoisotopic (exact) mass is 217 g/mol. The predicted molar refractivity (Wildman–Crippen MR) is 69.9 cm³/mol. The molecule has 2 rings (SSSR count). The summed E-state index contributed by atoms with van der Waals surface area (Å²) in [6.45, 7) is 4.59. The lowest BCUT2D eigenvalue weighted by Gasteiger charge is -2.33. The second-order valence-electron chi connectivity index (χ2n) is 5.63. The molecule has 0 radical (unpaired) electrons. The molecule has 0 fully saturated rings. The minimum Gasteiger partial charge on any atom is -0.315 e. The first-order chi connectivity index (χ1) is 7.62. The van der Waals surface area contributed by atoms with Gasteiger partial charge in [-0.3, -0.25) is 0 Å². The first-order valence-electron chi connectivity index (χ1n) is 6.39. The second-order valence-corrected chi connectivity index (χ2v) is 5.63. The summed E-state index contributed by atoms with van der Waals surface area (Å²) in [5.74, 6) is 0.743. The van der Waals surface area contributed by atoms with Gasteiger partial charge in [0.25, 0.3) is 0 Å². The van der Waals surface area contributed by atoms with Crippen molar-refractivity contribution < 1.29 is 0 Å². The van der Waals surface area contributed by atoms with Gasteiger partial charge in [-0.2, -0.15) is 0 Å². The molecule has 1 atom stereocenters. The lowest BCUT2D eigenvalue weighted by molar-refractivity contribution is 0.340. The minimum atomic E-state index is 0.245. The molecule has 0 saturated carbocycles. The SMILES string of the molecule is CNC(C)(C)CC1CCCc2ccccc21. The van der Waals surface area contributed by atoms with Crippen molar-refractivity contribution in [2.45, 2.75) is 51.0 Å². The van der Waals surface area contributed by atoms with Crippen molar-refractivity contribution in [2.24, 2.45) is 0 Å². The Balaban J connectivity index is 2.19. The van der Waals surface area contributed by atoms with Gasteiger partial charge in [-0.1, -0.05) is 24.3 Å². The van der Waals surface area contributed by atoms with Crippen LogP contribution < -0.4 is 5.32 Å². The van der Waals surface area contributed by atoms with Gasteiger partial charge in [0.1, 0.15) is 0 Å². The molecular formula is C15H23N. The molecule has 0 amide bonds. The predicted octanol–water partition coefficient (Wildman–Crippen LogP) is 3.49. The maximum Gasteiger partial charge on any atom is 0.0128 e. The van der Waals surface area contributed by atoms with Crippen LogP contribution in [0.25, 0.3) is 0 Å². The molecule has 1 heteroatoms. The standard InChI is InChI=1S/C15H23N/c1-15(2,16-3)11-13-9-6-8-12-7-4-5-10-14(12)13/h4-5,7,10,13,16H,6,8-9,11H2,1-3H3. The van der Waals surface area contributed by atoms with E-state index in [2.05, 4.69) is 50.5 Å². The quantitative estimate of drug-likeness (QED) is 0.817. The molecule has 0 heterocycles. The number of nitrogens with one attached hydrogen (secondary N) is 1. The number of benzene rings is 1. The molecule has 1 aliphatic carbocycles. The van der Waals surface area contributed by atoms with Crippen LogP contribution in [0.3, 0.4) is 0 Å². The van der Waals surface area contributed by atoms with Gasteiger partial charge in [0.15, 0.2) is 0 Å². The summed E-state index contributed by atoms with van der Waals surface area (Å²) in [4.78, 5) is 0. The Kier molecular flexibility index (Phi) is 3.34. The van der Waals surface area contributed by atoms with Crippen molar-refractivity contribution in [3.05, 3.63) is 35.4 Å². The van der Waals surface area contributed by atoms with Gasteiger partial charge in [0.2, 0.25) is 0 Å². The molecule has 0 spiro atoms. The first-order valence-corrected chi connectivity index (χ1v) is 6.39. The van der Waals surface area contributed by atoms with Gasteiger partial charge in [-0.05, 0) is 63.6 Å². The van der Waals surface area contributed by atoms with Crippen LogP contribution in [0.2, 0.25) is 0 Å². The summed E-state index contributed by atoms with van der Waals surface area (Å²) in [5, 5.41) is 3.42. The average molecular weight is 217 g/mol. The largest absolute Gasteiger partial charge is 0.315 e. The van der Waals surface area contributed by atoms with Crippen molar-refractivity contribution >= 4 is 0 Å². The van der Waals surface area contributed by atoms with Crippen molar-refractivity contribution in [3.63, 3.8) is 0 Å². The summed E-state index contributed by atoms with van der Waals surface area (Å²) in [6, 6.07) is 8.98. The van der Waals surface area contributed by atoms with Gasteiger partial charge in [-0.25, -0.2) is 0 Å². The third kappa shape index (κ3) is 2.46. The summed E-state index contributed by atoms with van der Waals surface area (Å²) in [7, 11) is 2.06. The highest BCUT2D eigenvalue weighted by Gasteiger charge is 2.26. The van der Waals surface area contributed by atoms with E-state index in [-0.39, 0.29) is 5.54 Å². The Hall–Kier alpha value is -0.820. The molecule has 0 saturated heterocycles. The second kappa shape index (κ2) is 4.58. The summed E-state index contributed by atoms with van der Waals surface area (Å²) < 4.78 is 0. The topological polar surface area (TPSA) is 12.0 Å². The van der Waals surface area contributed by atoms with Crippen LogP contribution in [0, 0.1) is 0 Å².